The maximum absolute atomic E-state index is 11.7. The number of aryl methyl sites for hydroxylation is 4. The van der Waals surface area contributed by atoms with E-state index in [1.54, 1.807) is 12.1 Å². The molecule has 0 saturated carbocycles. The zero-order valence-electron chi connectivity index (χ0n) is 34.6. The van der Waals surface area contributed by atoms with Gasteiger partial charge in [-0.2, -0.15) is 10.2 Å². The molecule has 13 heteroatoms. The number of hydrogen-bond acceptors (Lipinski definition) is 8. The third-order valence-electron chi connectivity index (χ3n) is 9.89. The smallest absolute Gasteiger partial charge is 0.337 e. The first-order chi connectivity index (χ1) is 29.9. The van der Waals surface area contributed by atoms with E-state index in [-0.39, 0.29) is 39.7 Å². The number of hydrogen-bond donors (Lipinski definition) is 4. The van der Waals surface area contributed by atoms with Crippen molar-refractivity contribution >= 4 is 35.7 Å². The summed E-state index contributed by atoms with van der Waals surface area (Å²) < 4.78 is 2.90. The summed E-state index contributed by atoms with van der Waals surface area (Å²) in [4.78, 5) is 32.4. The fourth-order valence-corrected chi connectivity index (χ4v) is 7.04. The van der Waals surface area contributed by atoms with E-state index in [9.17, 15) is 30.0 Å². The van der Waals surface area contributed by atoms with E-state index in [1.165, 1.54) is 21.8 Å². The molecule has 2 aromatic heterocycles. The Morgan fingerprint density at radius 3 is 1.14 bits per heavy atom. The quantitative estimate of drug-likeness (QED) is 0.0982. The van der Waals surface area contributed by atoms with E-state index in [0.29, 0.717) is 45.3 Å². The zero-order valence-corrected chi connectivity index (χ0v) is 35.7. The second-order valence-electron chi connectivity index (χ2n) is 14.5. The Morgan fingerprint density at radius 2 is 0.825 bits per heavy atom. The molecule has 317 valence electrons. The van der Waals surface area contributed by atoms with Crippen molar-refractivity contribution in [3.05, 3.63) is 190 Å². The van der Waals surface area contributed by atoms with Gasteiger partial charge in [0.15, 0.2) is 0 Å². The molecule has 0 spiro atoms. The summed E-state index contributed by atoms with van der Waals surface area (Å²) >= 11 is 0. The van der Waals surface area contributed by atoms with Gasteiger partial charge in [-0.05, 0) is 86.3 Å². The number of aliphatic imine (C=N–C) groups is 2. The van der Waals surface area contributed by atoms with Gasteiger partial charge < -0.3 is 20.4 Å². The van der Waals surface area contributed by atoms with Crippen LogP contribution in [0.15, 0.2) is 156 Å². The van der Waals surface area contributed by atoms with E-state index >= 15 is 0 Å². The van der Waals surface area contributed by atoms with Gasteiger partial charge in [0.2, 0.25) is 11.8 Å². The summed E-state index contributed by atoms with van der Waals surface area (Å²) in [7, 11) is 0. The first-order valence-corrected chi connectivity index (χ1v) is 19.5. The molecule has 1 radical (unpaired) electrons. The third-order valence-corrected chi connectivity index (χ3v) is 9.89. The fraction of sp³-hybridized carbons (Fsp3) is 0.0800. The molecule has 2 heterocycles. The topological polar surface area (TPSA) is 175 Å². The Hall–Kier alpha value is -7.87. The van der Waals surface area contributed by atoms with Gasteiger partial charge in [-0.25, -0.2) is 19.0 Å². The SMILES string of the molecule is Cc1cc(C)c(N=Cc2c(-c3ccccc3)nn(-c3ccccc3)c2O)c(C(=O)O)c1.Cc1cc(C)c(N=Cc2c(-c3ccccc3)nn(-c3ccccc3)c2O)c(C(=O)O)c1.[Co]. The summed E-state index contributed by atoms with van der Waals surface area (Å²) in [5, 5.41) is 50.4. The molecule has 0 amide bonds. The largest absolute Gasteiger partial charge is 0.493 e. The predicted molar refractivity (Wildman–Crippen MR) is 242 cm³/mol. The molecular weight excluding hydrogens is 840 g/mol. The van der Waals surface area contributed by atoms with Gasteiger partial charge in [-0.3, -0.25) is 9.98 Å². The van der Waals surface area contributed by atoms with Crippen molar-refractivity contribution in [3.8, 4) is 45.6 Å². The van der Waals surface area contributed by atoms with E-state index in [0.717, 1.165) is 33.4 Å². The molecule has 63 heavy (non-hydrogen) atoms. The number of nitrogens with zero attached hydrogens (tertiary/aromatic N) is 6. The number of para-hydroxylation sites is 2. The minimum atomic E-state index is -1.05. The second-order valence-corrected chi connectivity index (χ2v) is 14.5. The molecule has 0 bridgehead atoms. The number of aromatic carboxylic acids is 2. The van der Waals surface area contributed by atoms with Crippen molar-refractivity contribution < 1.29 is 46.8 Å². The molecule has 0 aliphatic carbocycles. The van der Waals surface area contributed by atoms with Gasteiger partial charge in [0.1, 0.15) is 11.4 Å². The van der Waals surface area contributed by atoms with E-state index < -0.39 is 11.9 Å². The van der Waals surface area contributed by atoms with Gasteiger partial charge in [0.05, 0.1) is 45.0 Å². The maximum atomic E-state index is 11.7. The van der Waals surface area contributed by atoms with Gasteiger partial charge >= 0.3 is 11.9 Å². The molecule has 0 unspecified atom stereocenters. The van der Waals surface area contributed by atoms with Crippen LogP contribution in [0.4, 0.5) is 11.4 Å². The van der Waals surface area contributed by atoms with Crippen LogP contribution < -0.4 is 0 Å². The van der Waals surface area contributed by atoms with Crippen LogP contribution >= 0.6 is 0 Å². The zero-order chi connectivity index (χ0) is 43.9. The van der Waals surface area contributed by atoms with Crippen molar-refractivity contribution in [3.63, 3.8) is 0 Å². The molecule has 6 aromatic carbocycles. The predicted octanol–water partition coefficient (Wildman–Crippen LogP) is 10.6. The number of benzene rings is 6. The van der Waals surface area contributed by atoms with E-state index in [1.807, 2.05) is 161 Å². The van der Waals surface area contributed by atoms with Gasteiger partial charge in [-0.1, -0.05) is 109 Å². The van der Waals surface area contributed by atoms with Crippen molar-refractivity contribution in [2.75, 3.05) is 0 Å². The summed E-state index contributed by atoms with van der Waals surface area (Å²) in [5.74, 6) is -2.25. The van der Waals surface area contributed by atoms with E-state index in [4.69, 9.17) is 0 Å². The Kier molecular flexibility index (Phi) is 13.9. The molecule has 4 N–H and O–H groups in total. The van der Waals surface area contributed by atoms with Crippen molar-refractivity contribution in [1.29, 1.82) is 0 Å². The molecule has 0 atom stereocenters. The summed E-state index contributed by atoms with van der Waals surface area (Å²) in [6, 6.07) is 44.5. The average molecular weight is 882 g/mol. The fourth-order valence-electron chi connectivity index (χ4n) is 7.04. The van der Waals surface area contributed by atoms with Crippen molar-refractivity contribution in [2.45, 2.75) is 27.7 Å². The number of carbonyl (C=O) groups is 2. The molecule has 12 nitrogen and oxygen atoms in total. The number of rotatable bonds is 10. The Morgan fingerprint density at radius 1 is 0.508 bits per heavy atom. The van der Waals surface area contributed by atoms with Crippen LogP contribution in [0.2, 0.25) is 0 Å². The molecule has 0 saturated heterocycles. The molecule has 0 aliphatic heterocycles. The third kappa shape index (κ3) is 9.86. The minimum Gasteiger partial charge on any atom is -0.493 e. The Balaban J connectivity index is 0.000000206. The number of aromatic nitrogens is 4. The molecular formula is C50H42CoN6O6. The number of carboxylic acids is 2. The second kappa shape index (κ2) is 19.7. The first kappa shape index (κ1) is 44.7. The molecule has 8 rings (SSSR count). The van der Waals surface area contributed by atoms with Crippen LogP contribution in [-0.2, 0) is 16.8 Å². The molecule has 0 fully saturated rings. The standard InChI is InChI=1S/2C25H21N3O3.Co/c2*1-16-13-17(2)22(20(14-16)25(30)31)26-15-21-23(18-9-5-3-6-10-18)27-28(24(21)29)19-11-7-4-8-12-19;/h2*3-15,29H,1-2H3,(H,30,31);. The van der Waals surface area contributed by atoms with Crippen LogP contribution in [0, 0.1) is 27.7 Å². The van der Waals surface area contributed by atoms with Crippen LogP contribution in [0.25, 0.3) is 33.9 Å². The summed E-state index contributed by atoms with van der Waals surface area (Å²) in [5.41, 5.74) is 9.05. The van der Waals surface area contributed by atoms with Crippen LogP contribution in [0.5, 0.6) is 11.8 Å². The van der Waals surface area contributed by atoms with Gasteiger partial charge in [-0.15, -0.1) is 0 Å². The van der Waals surface area contributed by atoms with Crippen LogP contribution in [-0.4, -0.2) is 64.4 Å². The summed E-state index contributed by atoms with van der Waals surface area (Å²) in [6.07, 6.45) is 2.96. The van der Waals surface area contributed by atoms with Crippen LogP contribution in [0.1, 0.15) is 54.1 Å². The number of carboxylic acid groups (broad SMARTS) is 2. The Labute approximate surface area is 374 Å². The molecule has 8 aromatic rings. The van der Waals surface area contributed by atoms with Gasteiger partial charge in [0.25, 0.3) is 0 Å². The van der Waals surface area contributed by atoms with Crippen molar-refractivity contribution in [1.82, 2.24) is 19.6 Å². The summed E-state index contributed by atoms with van der Waals surface area (Å²) in [6.45, 7) is 7.32. The van der Waals surface area contributed by atoms with Crippen molar-refractivity contribution in [2.24, 2.45) is 9.98 Å². The average Bonchev–Trinajstić information content (AvgIpc) is 3.79. The Bertz CT molecular complexity index is 2760. The maximum Gasteiger partial charge on any atom is 0.337 e. The van der Waals surface area contributed by atoms with E-state index in [2.05, 4.69) is 20.2 Å². The minimum absolute atomic E-state index is 0. The monoisotopic (exact) mass is 881 g/mol. The first-order valence-electron chi connectivity index (χ1n) is 19.5. The molecule has 0 aliphatic rings. The normalized spacial score (nSPS) is 11.0. The van der Waals surface area contributed by atoms with Gasteiger partial charge in [0, 0.05) is 40.3 Å². The number of aromatic hydroxyl groups is 2. The van der Waals surface area contributed by atoms with Crippen LogP contribution in [0.3, 0.4) is 0 Å².